The minimum absolute atomic E-state index is 0.265. The molecule has 146 valence electrons. The Hall–Kier alpha value is -2.48. The molecule has 2 rings (SSSR count). The SMILES string of the molecule is CCCc1cc(=O)oc2c(C)c(OCC(=O)N[C@@H](CSC)C(=O)O)ccc12. The number of benzene rings is 1. The van der Waals surface area contributed by atoms with E-state index in [0.29, 0.717) is 16.9 Å². The van der Waals surface area contributed by atoms with Crippen molar-refractivity contribution in [3.8, 4) is 5.75 Å². The molecule has 2 N–H and O–H groups in total. The van der Waals surface area contributed by atoms with Crippen LogP contribution in [0.1, 0.15) is 24.5 Å². The molecule has 1 aromatic heterocycles. The summed E-state index contributed by atoms with van der Waals surface area (Å²) >= 11 is 1.33. The first-order valence-electron chi connectivity index (χ1n) is 8.57. The molecule has 1 heterocycles. The van der Waals surface area contributed by atoms with Gasteiger partial charge in [-0.2, -0.15) is 11.8 Å². The molecule has 7 nitrogen and oxygen atoms in total. The number of aryl methyl sites for hydroxylation is 2. The van der Waals surface area contributed by atoms with Crippen molar-refractivity contribution in [2.24, 2.45) is 0 Å². The first kappa shape index (κ1) is 20.8. The minimum Gasteiger partial charge on any atom is -0.483 e. The van der Waals surface area contributed by atoms with E-state index >= 15 is 0 Å². The normalized spacial score (nSPS) is 12.0. The van der Waals surface area contributed by atoms with E-state index in [1.54, 1.807) is 25.3 Å². The fourth-order valence-corrected chi connectivity index (χ4v) is 3.32. The number of hydrogen-bond acceptors (Lipinski definition) is 6. The average molecular weight is 393 g/mol. The highest BCUT2D eigenvalue weighted by Gasteiger charge is 2.20. The lowest BCUT2D eigenvalue weighted by atomic mass is 10.0. The Balaban J connectivity index is 2.17. The lowest BCUT2D eigenvalue weighted by Gasteiger charge is -2.15. The van der Waals surface area contributed by atoms with Crippen LogP contribution in [0, 0.1) is 6.92 Å². The third-order valence-corrected chi connectivity index (χ3v) is 4.71. The highest BCUT2D eigenvalue weighted by Crippen LogP contribution is 2.28. The van der Waals surface area contributed by atoms with Crippen molar-refractivity contribution in [2.45, 2.75) is 32.7 Å². The van der Waals surface area contributed by atoms with Gasteiger partial charge in [-0.1, -0.05) is 13.3 Å². The standard InChI is InChI=1S/C19H23NO6S/c1-4-5-12-8-17(22)26-18-11(2)15(7-6-13(12)18)25-9-16(21)20-14(10-27-3)19(23)24/h6-8,14H,4-5,9-10H2,1-3H3,(H,20,21)(H,23,24)/t14-/m0/s1. The Kier molecular flexibility index (Phi) is 7.29. The maximum Gasteiger partial charge on any atom is 0.336 e. The summed E-state index contributed by atoms with van der Waals surface area (Å²) in [5.41, 5.74) is 1.55. The molecule has 0 saturated heterocycles. The Morgan fingerprint density at radius 1 is 1.37 bits per heavy atom. The van der Waals surface area contributed by atoms with E-state index in [2.05, 4.69) is 5.32 Å². The number of nitrogens with one attached hydrogen (secondary N) is 1. The second kappa shape index (κ2) is 9.45. The van der Waals surface area contributed by atoms with Gasteiger partial charge in [0.2, 0.25) is 0 Å². The number of amides is 1. The molecule has 0 saturated carbocycles. The monoisotopic (exact) mass is 393 g/mol. The van der Waals surface area contributed by atoms with Crippen molar-refractivity contribution in [3.05, 3.63) is 39.7 Å². The van der Waals surface area contributed by atoms with Crippen LogP contribution in [0.15, 0.2) is 27.4 Å². The number of rotatable bonds is 9. The van der Waals surface area contributed by atoms with Crippen molar-refractivity contribution < 1.29 is 23.8 Å². The van der Waals surface area contributed by atoms with Gasteiger partial charge >= 0.3 is 11.6 Å². The number of carbonyl (C=O) groups excluding carboxylic acids is 1. The van der Waals surface area contributed by atoms with Gasteiger partial charge in [0.25, 0.3) is 5.91 Å². The van der Waals surface area contributed by atoms with E-state index < -0.39 is 23.5 Å². The molecule has 2 aromatic rings. The molecule has 0 aliphatic rings. The third kappa shape index (κ3) is 5.26. The van der Waals surface area contributed by atoms with Crippen molar-refractivity contribution in [2.75, 3.05) is 18.6 Å². The number of hydrogen-bond donors (Lipinski definition) is 2. The summed E-state index contributed by atoms with van der Waals surface area (Å²) in [6, 6.07) is 4.05. The largest absolute Gasteiger partial charge is 0.483 e. The van der Waals surface area contributed by atoms with Crippen LogP contribution < -0.4 is 15.7 Å². The summed E-state index contributed by atoms with van der Waals surface area (Å²) in [7, 11) is 0. The quantitative estimate of drug-likeness (QED) is 0.630. The molecule has 0 spiro atoms. The van der Waals surface area contributed by atoms with Crippen LogP contribution in [-0.4, -0.2) is 41.6 Å². The summed E-state index contributed by atoms with van der Waals surface area (Å²) in [6.07, 6.45) is 3.42. The zero-order chi connectivity index (χ0) is 20.0. The Morgan fingerprint density at radius 2 is 2.11 bits per heavy atom. The van der Waals surface area contributed by atoms with Gasteiger partial charge < -0.3 is 19.6 Å². The van der Waals surface area contributed by atoms with E-state index in [0.717, 1.165) is 23.8 Å². The van der Waals surface area contributed by atoms with Crippen molar-refractivity contribution >= 4 is 34.6 Å². The summed E-state index contributed by atoms with van der Waals surface area (Å²) < 4.78 is 10.9. The molecule has 0 bridgehead atoms. The number of carbonyl (C=O) groups is 2. The zero-order valence-corrected chi connectivity index (χ0v) is 16.4. The van der Waals surface area contributed by atoms with Gasteiger partial charge in [0.1, 0.15) is 17.4 Å². The summed E-state index contributed by atoms with van der Waals surface area (Å²) in [6.45, 7) is 3.45. The maximum atomic E-state index is 12.0. The third-order valence-electron chi connectivity index (χ3n) is 4.04. The fraction of sp³-hybridized carbons (Fsp3) is 0.421. The second-order valence-corrected chi connectivity index (χ2v) is 7.02. The Bertz CT molecular complexity index is 892. The summed E-state index contributed by atoms with van der Waals surface area (Å²) in [4.78, 5) is 34.9. The number of fused-ring (bicyclic) bond motifs is 1. The summed E-state index contributed by atoms with van der Waals surface area (Å²) in [5, 5.41) is 12.4. The second-order valence-electron chi connectivity index (χ2n) is 6.11. The molecule has 0 aliphatic carbocycles. The van der Waals surface area contributed by atoms with E-state index in [9.17, 15) is 14.4 Å². The number of aliphatic carboxylic acids is 1. The van der Waals surface area contributed by atoms with Crippen LogP contribution in [0.4, 0.5) is 0 Å². The molecule has 8 heteroatoms. The van der Waals surface area contributed by atoms with Crippen LogP contribution in [0.5, 0.6) is 5.75 Å². The Labute approximate surface area is 161 Å². The van der Waals surface area contributed by atoms with Crippen LogP contribution in [0.2, 0.25) is 0 Å². The van der Waals surface area contributed by atoms with Gasteiger partial charge in [-0.15, -0.1) is 0 Å². The molecule has 27 heavy (non-hydrogen) atoms. The smallest absolute Gasteiger partial charge is 0.336 e. The van der Waals surface area contributed by atoms with Crippen molar-refractivity contribution in [1.82, 2.24) is 5.32 Å². The van der Waals surface area contributed by atoms with Crippen molar-refractivity contribution in [3.63, 3.8) is 0 Å². The first-order valence-corrected chi connectivity index (χ1v) is 9.97. The number of carboxylic acids is 1. The lowest BCUT2D eigenvalue weighted by molar-refractivity contribution is -0.141. The predicted molar refractivity (Wildman–Crippen MR) is 105 cm³/mol. The van der Waals surface area contributed by atoms with Gasteiger partial charge in [-0.3, -0.25) is 4.79 Å². The van der Waals surface area contributed by atoms with Gasteiger partial charge in [-0.05, 0) is 37.3 Å². The predicted octanol–water partition coefficient (Wildman–Crippen LogP) is 2.37. The van der Waals surface area contributed by atoms with E-state index in [1.165, 1.54) is 17.8 Å². The molecule has 0 unspecified atom stereocenters. The van der Waals surface area contributed by atoms with Crippen LogP contribution >= 0.6 is 11.8 Å². The molecule has 0 aliphatic heterocycles. The van der Waals surface area contributed by atoms with Crippen LogP contribution in [-0.2, 0) is 16.0 Å². The van der Waals surface area contributed by atoms with Gasteiger partial charge in [0, 0.05) is 22.8 Å². The molecule has 1 amide bonds. The highest BCUT2D eigenvalue weighted by molar-refractivity contribution is 7.98. The molecule has 0 fully saturated rings. The average Bonchev–Trinajstić information content (AvgIpc) is 2.61. The number of ether oxygens (including phenoxy) is 1. The van der Waals surface area contributed by atoms with Crippen LogP contribution in [0.25, 0.3) is 11.0 Å². The van der Waals surface area contributed by atoms with Crippen LogP contribution in [0.3, 0.4) is 0 Å². The maximum absolute atomic E-state index is 12.0. The van der Waals surface area contributed by atoms with Gasteiger partial charge in [0.15, 0.2) is 6.61 Å². The molecular weight excluding hydrogens is 370 g/mol. The highest BCUT2D eigenvalue weighted by atomic mass is 32.2. The molecule has 1 aromatic carbocycles. The first-order chi connectivity index (χ1) is 12.9. The minimum atomic E-state index is -1.09. The van der Waals surface area contributed by atoms with E-state index in [-0.39, 0.29) is 12.4 Å². The van der Waals surface area contributed by atoms with Gasteiger partial charge in [-0.25, -0.2) is 9.59 Å². The summed E-state index contributed by atoms with van der Waals surface area (Å²) in [5.74, 6) is -0.949. The molecule has 1 atom stereocenters. The Morgan fingerprint density at radius 3 is 2.74 bits per heavy atom. The van der Waals surface area contributed by atoms with Gasteiger partial charge in [0.05, 0.1) is 0 Å². The van der Waals surface area contributed by atoms with Crippen molar-refractivity contribution in [1.29, 1.82) is 0 Å². The number of thioether (sulfide) groups is 1. The van der Waals surface area contributed by atoms with E-state index in [4.69, 9.17) is 14.3 Å². The number of carboxylic acid groups (broad SMARTS) is 1. The zero-order valence-electron chi connectivity index (χ0n) is 15.5. The topological polar surface area (TPSA) is 106 Å². The lowest BCUT2D eigenvalue weighted by Crippen LogP contribution is -2.44. The molecule has 0 radical (unpaired) electrons. The molecular formula is C19H23NO6S. The van der Waals surface area contributed by atoms with E-state index in [1.807, 2.05) is 6.92 Å². The fourth-order valence-electron chi connectivity index (χ4n) is 2.76.